The summed E-state index contributed by atoms with van der Waals surface area (Å²) >= 11 is 0. The fraction of sp³-hybridized carbons (Fsp3) is 0.600. The number of nitrogen functional groups attached to an aromatic ring is 1. The van der Waals surface area contributed by atoms with E-state index < -0.39 is 6.10 Å². The van der Waals surface area contributed by atoms with Gasteiger partial charge in [-0.05, 0) is 25.7 Å². The van der Waals surface area contributed by atoms with Crippen LogP contribution in [0.3, 0.4) is 0 Å². The molecular weight excluding hydrogens is 488 g/mol. The molecule has 5 heterocycles. The summed E-state index contributed by atoms with van der Waals surface area (Å²) in [6, 6.07) is 0.153. The molecule has 2 saturated heterocycles. The van der Waals surface area contributed by atoms with E-state index in [9.17, 15) is 9.90 Å². The van der Waals surface area contributed by atoms with Crippen molar-refractivity contribution in [3.05, 3.63) is 12.4 Å². The highest BCUT2D eigenvalue weighted by Crippen LogP contribution is 2.37. The van der Waals surface area contributed by atoms with Gasteiger partial charge < -0.3 is 30.2 Å². The van der Waals surface area contributed by atoms with E-state index in [1.807, 2.05) is 0 Å². The summed E-state index contributed by atoms with van der Waals surface area (Å²) in [5.74, 6) is 3.05. The number of morpholine rings is 1. The van der Waals surface area contributed by atoms with Gasteiger partial charge in [0.2, 0.25) is 11.9 Å². The number of anilines is 3. The third-order valence-electron chi connectivity index (χ3n) is 7.56. The van der Waals surface area contributed by atoms with Gasteiger partial charge in [-0.1, -0.05) is 0 Å². The van der Waals surface area contributed by atoms with Gasteiger partial charge in [-0.3, -0.25) is 9.47 Å². The van der Waals surface area contributed by atoms with Gasteiger partial charge in [0.15, 0.2) is 22.8 Å². The lowest BCUT2D eigenvalue weighted by Crippen LogP contribution is -2.54. The Bertz CT molecular complexity index is 1290. The number of β-amino-alcohol motifs (C(OH)–C–C–N with tert-alkyl or cyclic N) is 1. The minimum atomic E-state index is -0.967. The number of ether oxygens (including phenoxy) is 1. The molecule has 38 heavy (non-hydrogen) atoms. The first-order chi connectivity index (χ1) is 18.5. The molecule has 3 aliphatic rings. The molecule has 0 amide bonds. The predicted octanol–water partition coefficient (Wildman–Crippen LogP) is 0.182. The largest absolute Gasteiger partial charge is 0.384 e. The van der Waals surface area contributed by atoms with Crippen LogP contribution in [0.4, 0.5) is 17.7 Å². The number of nitrogens with two attached hydrogens (primary N) is 1. The maximum absolute atomic E-state index is 11.0. The first kappa shape index (κ1) is 24.9. The number of rotatable bonds is 8. The smallest absolute Gasteiger partial charge is 0.219 e. The third-order valence-corrected chi connectivity index (χ3v) is 7.56. The van der Waals surface area contributed by atoms with Crippen LogP contribution in [0.1, 0.15) is 19.8 Å². The molecule has 3 aromatic heterocycles. The number of carbonyl (C=O) groups is 1. The number of piperazine rings is 1. The van der Waals surface area contributed by atoms with E-state index >= 15 is 0 Å². The molecule has 0 spiro atoms. The van der Waals surface area contributed by atoms with Crippen LogP contribution in [0.2, 0.25) is 0 Å². The van der Waals surface area contributed by atoms with Crippen LogP contribution in [-0.4, -0.2) is 110 Å². The molecule has 2 atom stereocenters. The van der Waals surface area contributed by atoms with Crippen molar-refractivity contribution in [1.82, 2.24) is 34.4 Å². The molecule has 0 radical (unpaired) electrons. The van der Waals surface area contributed by atoms with Crippen LogP contribution >= 0.6 is 0 Å². The van der Waals surface area contributed by atoms with Crippen molar-refractivity contribution in [2.24, 2.45) is 5.92 Å². The van der Waals surface area contributed by atoms with Gasteiger partial charge >= 0.3 is 0 Å². The molecule has 0 bridgehead atoms. The Kier molecular flexibility index (Phi) is 6.80. The van der Waals surface area contributed by atoms with Crippen molar-refractivity contribution in [3.63, 3.8) is 0 Å². The summed E-state index contributed by atoms with van der Waals surface area (Å²) in [6.45, 7) is 8.23. The topological polar surface area (TPSA) is 152 Å². The second-order valence-electron chi connectivity index (χ2n) is 10.4. The summed E-state index contributed by atoms with van der Waals surface area (Å²) in [5.41, 5.74) is 8.02. The van der Waals surface area contributed by atoms with Crippen molar-refractivity contribution in [2.45, 2.75) is 38.5 Å². The zero-order valence-electron chi connectivity index (χ0n) is 21.6. The number of fused-ring (bicyclic) bond motifs is 1. The minimum absolute atomic E-state index is 0.153. The summed E-state index contributed by atoms with van der Waals surface area (Å²) in [5, 5.41) is 9.86. The number of hydrogen-bond donors (Lipinski definition) is 2. The van der Waals surface area contributed by atoms with Crippen molar-refractivity contribution in [2.75, 3.05) is 68.0 Å². The van der Waals surface area contributed by atoms with Crippen molar-refractivity contribution >= 4 is 35.2 Å². The second kappa shape index (κ2) is 10.4. The summed E-state index contributed by atoms with van der Waals surface area (Å²) in [6.07, 6.45) is 5.35. The zero-order valence-corrected chi connectivity index (χ0v) is 21.6. The lowest BCUT2D eigenvalue weighted by atomic mass is 10.2. The first-order valence-electron chi connectivity index (χ1n) is 13.3. The fourth-order valence-electron chi connectivity index (χ4n) is 5.25. The maximum atomic E-state index is 11.0. The standard InChI is InChI=1S/C25H34N10O3/c1-16-12-34(5-4-33(16)14-19(37)15-36)25-29-20-22(32-6-8-38-9-7-32)30-21(18-10-27-24(26)28-11-18)31-23(20)35(25)13-17-2-3-17/h10-11,15-17,19,37H,2-9,12-14H2,1H3,(H2,26,27,28)/t16-,19-/m1/s1. The monoisotopic (exact) mass is 522 g/mol. The third kappa shape index (κ3) is 5.00. The lowest BCUT2D eigenvalue weighted by Gasteiger charge is -2.40. The van der Waals surface area contributed by atoms with Crippen LogP contribution in [0, 0.1) is 5.92 Å². The highest BCUT2D eigenvalue weighted by atomic mass is 16.5. The molecule has 3 N–H and O–H groups in total. The van der Waals surface area contributed by atoms with Crippen LogP contribution in [0.15, 0.2) is 12.4 Å². The quantitative estimate of drug-likeness (QED) is 0.388. The normalized spacial score (nSPS) is 21.7. The van der Waals surface area contributed by atoms with Gasteiger partial charge in [0.1, 0.15) is 12.4 Å². The van der Waals surface area contributed by atoms with E-state index in [1.54, 1.807) is 12.4 Å². The summed E-state index contributed by atoms with van der Waals surface area (Å²) in [4.78, 5) is 41.1. The number of aldehydes is 1. The van der Waals surface area contributed by atoms with Gasteiger partial charge in [0.05, 0.1) is 18.8 Å². The van der Waals surface area contributed by atoms with Crippen molar-refractivity contribution < 1.29 is 14.6 Å². The summed E-state index contributed by atoms with van der Waals surface area (Å²) in [7, 11) is 0. The molecule has 3 aromatic rings. The highest BCUT2D eigenvalue weighted by Gasteiger charge is 2.32. The van der Waals surface area contributed by atoms with Gasteiger partial charge in [-0.2, -0.15) is 0 Å². The Balaban J connectivity index is 1.43. The average molecular weight is 523 g/mol. The number of carbonyl (C=O) groups excluding carboxylic acids is 1. The predicted molar refractivity (Wildman–Crippen MR) is 142 cm³/mol. The molecule has 0 aromatic carbocycles. The van der Waals surface area contributed by atoms with Crippen LogP contribution < -0.4 is 15.5 Å². The number of aliphatic hydroxyl groups is 1. The van der Waals surface area contributed by atoms with Crippen LogP contribution in [-0.2, 0) is 16.1 Å². The molecule has 1 saturated carbocycles. The van der Waals surface area contributed by atoms with Crippen molar-refractivity contribution in [1.29, 1.82) is 0 Å². The Morgan fingerprint density at radius 2 is 1.87 bits per heavy atom. The Morgan fingerprint density at radius 1 is 1.11 bits per heavy atom. The van der Waals surface area contributed by atoms with Gasteiger partial charge in [-0.15, -0.1) is 0 Å². The van der Waals surface area contributed by atoms with Gasteiger partial charge in [-0.25, -0.2) is 24.9 Å². The molecule has 3 fully saturated rings. The molecule has 202 valence electrons. The SMILES string of the molecule is C[C@@H]1CN(c2nc3c(N4CCOCC4)nc(-c4cnc(N)nc4)nc3n2CC2CC2)CCN1C[C@@H](O)C=O. The van der Waals surface area contributed by atoms with Crippen molar-refractivity contribution in [3.8, 4) is 11.4 Å². The van der Waals surface area contributed by atoms with Crippen LogP contribution in [0.25, 0.3) is 22.6 Å². The average Bonchev–Trinajstić information content (AvgIpc) is 3.69. The van der Waals surface area contributed by atoms with E-state index in [0.29, 0.717) is 43.4 Å². The van der Waals surface area contributed by atoms with Gasteiger partial charge in [0.25, 0.3) is 0 Å². The Morgan fingerprint density at radius 3 is 2.55 bits per heavy atom. The van der Waals surface area contributed by atoms with E-state index in [4.69, 9.17) is 25.4 Å². The summed E-state index contributed by atoms with van der Waals surface area (Å²) < 4.78 is 7.86. The highest BCUT2D eigenvalue weighted by molar-refractivity contribution is 5.88. The number of imidazole rings is 1. The fourth-order valence-corrected chi connectivity index (χ4v) is 5.25. The first-order valence-corrected chi connectivity index (χ1v) is 13.3. The Labute approximate surface area is 220 Å². The lowest BCUT2D eigenvalue weighted by molar-refractivity contribution is -0.116. The molecule has 1 aliphatic carbocycles. The molecule has 13 heteroatoms. The number of nitrogens with zero attached hydrogens (tertiary/aromatic N) is 9. The molecule has 6 rings (SSSR count). The minimum Gasteiger partial charge on any atom is -0.384 e. The molecule has 13 nitrogen and oxygen atoms in total. The van der Waals surface area contributed by atoms with E-state index in [1.165, 1.54) is 12.8 Å². The maximum Gasteiger partial charge on any atom is 0.219 e. The number of hydrogen-bond acceptors (Lipinski definition) is 12. The van der Waals surface area contributed by atoms with E-state index in [0.717, 1.165) is 62.2 Å². The number of aromatic nitrogens is 6. The second-order valence-corrected chi connectivity index (χ2v) is 10.4. The Hall–Kier alpha value is -3.42. The van der Waals surface area contributed by atoms with Crippen LogP contribution in [0.5, 0.6) is 0 Å². The van der Waals surface area contributed by atoms with Gasteiger partial charge in [0, 0.05) is 64.2 Å². The number of aliphatic hydroxyl groups excluding tert-OH is 1. The molecular formula is C25H34N10O3. The van der Waals surface area contributed by atoms with E-state index in [-0.39, 0.29) is 12.0 Å². The molecule has 0 unspecified atom stereocenters. The van der Waals surface area contributed by atoms with E-state index in [2.05, 4.69) is 36.2 Å². The zero-order chi connectivity index (χ0) is 26.2. The molecule has 2 aliphatic heterocycles.